The number of aryl methyl sites for hydroxylation is 3. The SMILES string of the molecule is COc1ccccc1S(=O)(=O)NCC(=O)Nc1c(C)cc(C)cc1C. The summed E-state index contributed by atoms with van der Waals surface area (Å²) in [6.07, 6.45) is 0. The number of rotatable bonds is 6. The number of para-hydroxylation sites is 1. The lowest BCUT2D eigenvalue weighted by molar-refractivity contribution is -0.115. The zero-order chi connectivity index (χ0) is 18.6. The smallest absolute Gasteiger partial charge is 0.244 e. The summed E-state index contributed by atoms with van der Waals surface area (Å²) in [5, 5.41) is 2.76. The van der Waals surface area contributed by atoms with E-state index in [9.17, 15) is 13.2 Å². The highest BCUT2D eigenvalue weighted by Gasteiger charge is 2.20. The summed E-state index contributed by atoms with van der Waals surface area (Å²) in [6.45, 7) is 5.41. The van der Waals surface area contributed by atoms with Crippen LogP contribution in [-0.4, -0.2) is 28.0 Å². The Hall–Kier alpha value is -2.38. The van der Waals surface area contributed by atoms with E-state index in [-0.39, 0.29) is 17.2 Å². The standard InChI is InChI=1S/C18H22N2O4S/c1-12-9-13(2)18(14(3)10-12)20-17(21)11-19-25(22,23)16-8-6-5-7-15(16)24-4/h5-10,19H,11H2,1-4H3,(H,20,21). The van der Waals surface area contributed by atoms with Crippen LogP contribution in [-0.2, 0) is 14.8 Å². The number of nitrogens with one attached hydrogen (secondary N) is 2. The predicted octanol–water partition coefficient (Wildman–Crippen LogP) is 2.54. The van der Waals surface area contributed by atoms with Gasteiger partial charge in [0.25, 0.3) is 0 Å². The molecule has 0 bridgehead atoms. The van der Waals surface area contributed by atoms with Crippen LogP contribution in [0.5, 0.6) is 5.75 Å². The quantitative estimate of drug-likeness (QED) is 0.827. The molecule has 0 spiro atoms. The Balaban J connectivity index is 2.10. The number of carbonyl (C=O) groups is 1. The van der Waals surface area contributed by atoms with Gasteiger partial charge >= 0.3 is 0 Å². The van der Waals surface area contributed by atoms with Crippen LogP contribution >= 0.6 is 0 Å². The van der Waals surface area contributed by atoms with E-state index < -0.39 is 15.9 Å². The fraction of sp³-hybridized carbons (Fsp3) is 0.278. The van der Waals surface area contributed by atoms with Gasteiger partial charge in [-0.05, 0) is 44.0 Å². The molecule has 0 unspecified atom stereocenters. The lowest BCUT2D eigenvalue weighted by Crippen LogP contribution is -2.33. The van der Waals surface area contributed by atoms with Crippen LogP contribution < -0.4 is 14.8 Å². The molecule has 25 heavy (non-hydrogen) atoms. The molecule has 0 saturated heterocycles. The second-order valence-electron chi connectivity index (χ2n) is 5.80. The fourth-order valence-corrected chi connectivity index (χ4v) is 3.79. The van der Waals surface area contributed by atoms with Crippen molar-refractivity contribution < 1.29 is 17.9 Å². The molecule has 6 nitrogen and oxygen atoms in total. The summed E-state index contributed by atoms with van der Waals surface area (Å²) in [4.78, 5) is 12.2. The molecule has 2 aromatic rings. The van der Waals surface area contributed by atoms with Crippen molar-refractivity contribution in [2.45, 2.75) is 25.7 Å². The molecule has 0 atom stereocenters. The first-order valence-corrected chi connectivity index (χ1v) is 9.23. The van der Waals surface area contributed by atoms with Crippen molar-refractivity contribution in [2.75, 3.05) is 19.0 Å². The highest BCUT2D eigenvalue weighted by atomic mass is 32.2. The molecular formula is C18H22N2O4S. The fourth-order valence-electron chi connectivity index (χ4n) is 2.64. The zero-order valence-corrected chi connectivity index (χ0v) is 15.5. The maximum atomic E-state index is 12.4. The minimum absolute atomic E-state index is 0.00648. The van der Waals surface area contributed by atoms with Gasteiger partial charge in [0.15, 0.2) is 0 Å². The summed E-state index contributed by atoms with van der Waals surface area (Å²) in [5.41, 5.74) is 3.66. The lowest BCUT2D eigenvalue weighted by Gasteiger charge is -2.14. The summed E-state index contributed by atoms with van der Waals surface area (Å²) >= 11 is 0. The molecule has 0 fully saturated rings. The first-order valence-electron chi connectivity index (χ1n) is 7.75. The number of methoxy groups -OCH3 is 1. The molecule has 0 heterocycles. The zero-order valence-electron chi connectivity index (χ0n) is 14.7. The number of hydrogen-bond acceptors (Lipinski definition) is 4. The maximum absolute atomic E-state index is 12.4. The summed E-state index contributed by atoms with van der Waals surface area (Å²) in [5.74, 6) is -0.214. The van der Waals surface area contributed by atoms with E-state index in [4.69, 9.17) is 4.74 Å². The van der Waals surface area contributed by atoms with Crippen LogP contribution in [0.3, 0.4) is 0 Å². The lowest BCUT2D eigenvalue weighted by atomic mass is 10.1. The predicted molar refractivity (Wildman–Crippen MR) is 97.5 cm³/mol. The number of hydrogen-bond donors (Lipinski definition) is 2. The molecule has 0 aromatic heterocycles. The third-order valence-corrected chi connectivity index (χ3v) is 5.16. The van der Waals surface area contributed by atoms with Crippen LogP contribution in [0.2, 0.25) is 0 Å². The molecule has 2 aromatic carbocycles. The van der Waals surface area contributed by atoms with Crippen molar-refractivity contribution in [3.05, 3.63) is 53.1 Å². The van der Waals surface area contributed by atoms with Crippen molar-refractivity contribution in [1.29, 1.82) is 0 Å². The molecule has 0 saturated carbocycles. The van der Waals surface area contributed by atoms with Gasteiger partial charge in [-0.3, -0.25) is 4.79 Å². The summed E-state index contributed by atoms with van der Waals surface area (Å²) < 4.78 is 32.1. The first-order chi connectivity index (χ1) is 11.7. The minimum atomic E-state index is -3.85. The highest BCUT2D eigenvalue weighted by molar-refractivity contribution is 7.89. The Bertz CT molecular complexity index is 869. The van der Waals surface area contributed by atoms with Gasteiger partial charge in [-0.2, -0.15) is 0 Å². The van der Waals surface area contributed by atoms with E-state index in [1.54, 1.807) is 18.2 Å². The van der Waals surface area contributed by atoms with E-state index in [1.165, 1.54) is 13.2 Å². The Morgan fingerprint density at radius 1 is 1.08 bits per heavy atom. The van der Waals surface area contributed by atoms with E-state index in [2.05, 4.69) is 10.0 Å². The van der Waals surface area contributed by atoms with Gasteiger partial charge in [0.1, 0.15) is 10.6 Å². The number of benzene rings is 2. The van der Waals surface area contributed by atoms with Crippen molar-refractivity contribution in [1.82, 2.24) is 4.72 Å². The first kappa shape index (κ1) is 19.0. The van der Waals surface area contributed by atoms with Crippen molar-refractivity contribution in [2.24, 2.45) is 0 Å². The molecule has 2 N–H and O–H groups in total. The molecule has 134 valence electrons. The topological polar surface area (TPSA) is 84.5 Å². The van der Waals surface area contributed by atoms with Gasteiger partial charge in [-0.1, -0.05) is 29.8 Å². The van der Waals surface area contributed by atoms with Gasteiger partial charge in [0.05, 0.1) is 13.7 Å². The Labute approximate surface area is 148 Å². The Kier molecular flexibility index (Phi) is 5.81. The van der Waals surface area contributed by atoms with Gasteiger partial charge in [-0.15, -0.1) is 0 Å². The van der Waals surface area contributed by atoms with Gasteiger partial charge < -0.3 is 10.1 Å². The van der Waals surface area contributed by atoms with E-state index >= 15 is 0 Å². The Morgan fingerprint density at radius 2 is 1.68 bits per heavy atom. The molecule has 0 aliphatic carbocycles. The number of anilines is 1. The molecule has 1 amide bonds. The van der Waals surface area contributed by atoms with Crippen molar-refractivity contribution in [3.8, 4) is 5.75 Å². The maximum Gasteiger partial charge on any atom is 0.244 e. The average Bonchev–Trinajstić information content (AvgIpc) is 2.56. The van der Waals surface area contributed by atoms with Crippen LogP contribution in [0.25, 0.3) is 0 Å². The second kappa shape index (κ2) is 7.67. The third kappa shape index (κ3) is 4.58. The third-order valence-electron chi connectivity index (χ3n) is 3.72. The van der Waals surface area contributed by atoms with Crippen LogP contribution in [0, 0.1) is 20.8 Å². The highest BCUT2D eigenvalue weighted by Crippen LogP contribution is 2.23. The van der Waals surface area contributed by atoms with Gasteiger partial charge in [0, 0.05) is 5.69 Å². The van der Waals surface area contributed by atoms with E-state index in [1.807, 2.05) is 32.9 Å². The van der Waals surface area contributed by atoms with Crippen molar-refractivity contribution >= 4 is 21.6 Å². The molecule has 0 aliphatic rings. The van der Waals surface area contributed by atoms with E-state index in [0.29, 0.717) is 5.69 Å². The molecular weight excluding hydrogens is 340 g/mol. The molecule has 7 heteroatoms. The molecule has 0 radical (unpaired) electrons. The number of carbonyl (C=O) groups excluding carboxylic acids is 1. The number of sulfonamides is 1. The number of ether oxygens (including phenoxy) is 1. The molecule has 0 aliphatic heterocycles. The monoisotopic (exact) mass is 362 g/mol. The van der Waals surface area contributed by atoms with Crippen LogP contribution in [0.4, 0.5) is 5.69 Å². The summed E-state index contributed by atoms with van der Waals surface area (Å²) in [7, 11) is -2.46. The van der Waals surface area contributed by atoms with Gasteiger partial charge in [-0.25, -0.2) is 13.1 Å². The van der Waals surface area contributed by atoms with Crippen molar-refractivity contribution in [3.63, 3.8) is 0 Å². The van der Waals surface area contributed by atoms with Crippen LogP contribution in [0.15, 0.2) is 41.3 Å². The Morgan fingerprint density at radius 3 is 2.28 bits per heavy atom. The van der Waals surface area contributed by atoms with E-state index in [0.717, 1.165) is 16.7 Å². The number of amides is 1. The van der Waals surface area contributed by atoms with Crippen LogP contribution in [0.1, 0.15) is 16.7 Å². The normalized spacial score (nSPS) is 11.2. The van der Waals surface area contributed by atoms with Gasteiger partial charge in [0.2, 0.25) is 15.9 Å². The molecule has 2 rings (SSSR count). The largest absolute Gasteiger partial charge is 0.495 e. The average molecular weight is 362 g/mol. The summed E-state index contributed by atoms with van der Waals surface area (Å²) in [6, 6.07) is 10.2. The second-order valence-corrected chi connectivity index (χ2v) is 7.53. The minimum Gasteiger partial charge on any atom is -0.495 e.